The van der Waals surface area contributed by atoms with Gasteiger partial charge in [0.1, 0.15) is 6.61 Å². The molecular weight excluding hydrogens is 350 g/mol. The smallest absolute Gasteiger partial charge is 0.235 e. The molecule has 0 radical (unpaired) electrons. The van der Waals surface area contributed by atoms with Gasteiger partial charge in [-0.1, -0.05) is 37.4 Å². The van der Waals surface area contributed by atoms with Crippen molar-refractivity contribution in [2.45, 2.75) is 26.8 Å². The Morgan fingerprint density at radius 1 is 1.46 bits per heavy atom. The largest absolute Gasteiger partial charge is 0.487 e. The summed E-state index contributed by atoms with van der Waals surface area (Å²) in [6, 6.07) is 1.77. The summed E-state index contributed by atoms with van der Waals surface area (Å²) in [6.45, 7) is 7.51. The molecular formula is C15H22ClN5O2S. The van der Waals surface area contributed by atoms with Crippen LogP contribution in [0.2, 0.25) is 5.15 Å². The third-order valence-electron chi connectivity index (χ3n) is 3.29. The van der Waals surface area contributed by atoms with Crippen molar-refractivity contribution in [3.8, 4) is 17.1 Å². The molecule has 0 saturated heterocycles. The lowest BCUT2D eigenvalue weighted by Gasteiger charge is -2.19. The molecule has 1 aliphatic heterocycles. The SMILES string of the molecule is CC.CCOCC1COc2c(ccnc2Cl)-c2nnc(NSC)n21. The van der Waals surface area contributed by atoms with E-state index in [1.807, 2.05) is 37.7 Å². The van der Waals surface area contributed by atoms with Crippen LogP contribution in [0.25, 0.3) is 11.4 Å². The molecule has 0 aliphatic carbocycles. The molecule has 3 rings (SSSR count). The van der Waals surface area contributed by atoms with Gasteiger partial charge in [0.25, 0.3) is 0 Å². The highest BCUT2D eigenvalue weighted by molar-refractivity contribution is 7.99. The van der Waals surface area contributed by atoms with Crippen LogP contribution in [0.15, 0.2) is 12.3 Å². The summed E-state index contributed by atoms with van der Waals surface area (Å²) in [5.74, 6) is 1.89. The topological polar surface area (TPSA) is 74.1 Å². The first-order chi connectivity index (χ1) is 11.8. The Morgan fingerprint density at radius 2 is 2.25 bits per heavy atom. The molecule has 0 spiro atoms. The van der Waals surface area contributed by atoms with Gasteiger partial charge in [-0.2, -0.15) is 0 Å². The number of fused-ring (bicyclic) bond motifs is 3. The molecule has 0 saturated carbocycles. The lowest BCUT2D eigenvalue weighted by molar-refractivity contribution is 0.0937. The Hall–Kier alpha value is -1.51. The van der Waals surface area contributed by atoms with Gasteiger partial charge in [0.2, 0.25) is 5.95 Å². The molecule has 7 nitrogen and oxygen atoms in total. The number of aromatic nitrogens is 4. The number of hydrogen-bond acceptors (Lipinski definition) is 7. The standard InChI is InChI=1S/C13H16ClN5O2S.C2H6/c1-3-20-6-8-7-21-10-9(4-5-15-11(10)14)12-16-17-13(18-22-2)19(8)12;1-2/h4-5,8H,3,6-7H2,1-2H3,(H,17,18);1-2H3. The van der Waals surface area contributed by atoms with Gasteiger partial charge in [-0.15, -0.1) is 10.2 Å². The molecule has 2 aromatic rings. The Kier molecular flexibility index (Phi) is 7.14. The van der Waals surface area contributed by atoms with Crippen molar-refractivity contribution in [1.82, 2.24) is 19.7 Å². The van der Waals surface area contributed by atoms with Crippen LogP contribution < -0.4 is 9.46 Å². The second-order valence-electron chi connectivity index (χ2n) is 4.63. The lowest BCUT2D eigenvalue weighted by atomic mass is 10.2. The van der Waals surface area contributed by atoms with E-state index < -0.39 is 0 Å². The average Bonchev–Trinajstić information content (AvgIpc) is 2.94. The Bertz CT molecular complexity index is 667. The monoisotopic (exact) mass is 371 g/mol. The van der Waals surface area contributed by atoms with Gasteiger partial charge < -0.3 is 9.47 Å². The lowest BCUT2D eigenvalue weighted by Crippen LogP contribution is -2.22. The van der Waals surface area contributed by atoms with Crippen LogP contribution in [0.3, 0.4) is 0 Å². The summed E-state index contributed by atoms with van der Waals surface area (Å²) in [5.41, 5.74) is 0.778. The molecule has 0 aromatic carbocycles. The average molecular weight is 372 g/mol. The fraction of sp³-hybridized carbons (Fsp3) is 0.533. The normalized spacial score (nSPS) is 15.3. The van der Waals surface area contributed by atoms with Crippen molar-refractivity contribution in [3.05, 3.63) is 17.4 Å². The molecule has 132 valence electrons. The summed E-state index contributed by atoms with van der Waals surface area (Å²) in [5, 5.41) is 8.84. The van der Waals surface area contributed by atoms with E-state index in [0.29, 0.717) is 42.5 Å². The third kappa shape index (κ3) is 3.76. The number of halogens is 1. The van der Waals surface area contributed by atoms with E-state index in [1.165, 1.54) is 11.9 Å². The molecule has 24 heavy (non-hydrogen) atoms. The van der Waals surface area contributed by atoms with Crippen molar-refractivity contribution >= 4 is 29.5 Å². The molecule has 1 atom stereocenters. The van der Waals surface area contributed by atoms with Crippen LogP contribution in [0.4, 0.5) is 5.95 Å². The number of hydrogen-bond donors (Lipinski definition) is 1. The molecule has 0 amide bonds. The number of rotatable bonds is 5. The predicted molar refractivity (Wildman–Crippen MR) is 97.8 cm³/mol. The molecule has 1 N–H and O–H groups in total. The minimum atomic E-state index is -0.0527. The zero-order chi connectivity index (χ0) is 17.5. The van der Waals surface area contributed by atoms with Crippen molar-refractivity contribution < 1.29 is 9.47 Å². The van der Waals surface area contributed by atoms with Crippen LogP contribution >= 0.6 is 23.5 Å². The second-order valence-corrected chi connectivity index (χ2v) is 5.60. The van der Waals surface area contributed by atoms with Crippen LogP contribution in [-0.4, -0.2) is 45.8 Å². The second kappa shape index (κ2) is 9.10. The van der Waals surface area contributed by atoms with E-state index in [0.717, 1.165) is 5.56 Å². The van der Waals surface area contributed by atoms with E-state index in [9.17, 15) is 0 Å². The molecule has 2 aromatic heterocycles. The number of anilines is 1. The van der Waals surface area contributed by atoms with Gasteiger partial charge in [0.05, 0.1) is 18.2 Å². The van der Waals surface area contributed by atoms with Crippen molar-refractivity contribution in [1.29, 1.82) is 0 Å². The maximum absolute atomic E-state index is 6.16. The van der Waals surface area contributed by atoms with Gasteiger partial charge in [-0.3, -0.25) is 9.29 Å². The zero-order valence-corrected chi connectivity index (χ0v) is 15.8. The minimum absolute atomic E-state index is 0.0527. The van der Waals surface area contributed by atoms with Crippen LogP contribution in [-0.2, 0) is 4.74 Å². The summed E-state index contributed by atoms with van der Waals surface area (Å²) < 4.78 is 16.6. The van der Waals surface area contributed by atoms with E-state index in [2.05, 4.69) is 19.9 Å². The molecule has 1 aliphatic rings. The van der Waals surface area contributed by atoms with E-state index in [1.54, 1.807) is 6.20 Å². The molecule has 1 unspecified atom stereocenters. The highest BCUT2D eigenvalue weighted by atomic mass is 35.5. The van der Waals surface area contributed by atoms with Gasteiger partial charge in [0, 0.05) is 19.1 Å². The number of nitrogens with zero attached hydrogens (tertiary/aromatic N) is 4. The molecule has 3 heterocycles. The number of ether oxygens (including phenoxy) is 2. The molecule has 0 bridgehead atoms. The first kappa shape index (κ1) is 18.8. The maximum Gasteiger partial charge on any atom is 0.235 e. The quantitative estimate of drug-likeness (QED) is 0.634. The predicted octanol–water partition coefficient (Wildman–Crippen LogP) is 3.68. The number of pyridine rings is 1. The third-order valence-corrected chi connectivity index (χ3v) is 3.95. The number of nitrogens with one attached hydrogen (secondary N) is 1. The molecule has 9 heteroatoms. The minimum Gasteiger partial charge on any atom is -0.487 e. The van der Waals surface area contributed by atoms with E-state index >= 15 is 0 Å². The Balaban J connectivity index is 0.00000100. The van der Waals surface area contributed by atoms with Gasteiger partial charge >= 0.3 is 0 Å². The summed E-state index contributed by atoms with van der Waals surface area (Å²) in [4.78, 5) is 4.07. The van der Waals surface area contributed by atoms with Crippen LogP contribution in [0.1, 0.15) is 26.8 Å². The van der Waals surface area contributed by atoms with Gasteiger partial charge in [-0.05, 0) is 13.0 Å². The first-order valence-electron chi connectivity index (χ1n) is 7.85. The first-order valence-corrected chi connectivity index (χ1v) is 9.45. The van der Waals surface area contributed by atoms with Crippen molar-refractivity contribution in [2.24, 2.45) is 0 Å². The maximum atomic E-state index is 6.16. The van der Waals surface area contributed by atoms with Crippen molar-refractivity contribution in [3.63, 3.8) is 0 Å². The van der Waals surface area contributed by atoms with E-state index in [4.69, 9.17) is 21.1 Å². The van der Waals surface area contributed by atoms with Crippen LogP contribution in [0, 0.1) is 0 Å². The van der Waals surface area contributed by atoms with Gasteiger partial charge in [-0.25, -0.2) is 4.98 Å². The highest BCUT2D eigenvalue weighted by Gasteiger charge is 2.29. The Morgan fingerprint density at radius 3 is 2.96 bits per heavy atom. The zero-order valence-electron chi connectivity index (χ0n) is 14.2. The highest BCUT2D eigenvalue weighted by Crippen LogP contribution is 2.39. The van der Waals surface area contributed by atoms with Gasteiger partial charge in [0.15, 0.2) is 16.7 Å². The van der Waals surface area contributed by atoms with E-state index in [-0.39, 0.29) is 6.04 Å². The Labute approximate surface area is 151 Å². The summed E-state index contributed by atoms with van der Waals surface area (Å²) >= 11 is 7.61. The fourth-order valence-corrected chi connectivity index (χ4v) is 2.88. The molecule has 0 fully saturated rings. The summed E-state index contributed by atoms with van der Waals surface area (Å²) in [6.07, 6.45) is 3.56. The van der Waals surface area contributed by atoms with Crippen molar-refractivity contribution in [2.75, 3.05) is 30.8 Å². The fourth-order valence-electron chi connectivity index (χ4n) is 2.35. The van der Waals surface area contributed by atoms with Crippen LogP contribution in [0.5, 0.6) is 5.75 Å². The summed E-state index contributed by atoms with van der Waals surface area (Å²) in [7, 11) is 0.